The van der Waals surface area contributed by atoms with Gasteiger partial charge in [-0.15, -0.1) is 0 Å². The van der Waals surface area contributed by atoms with Gasteiger partial charge in [-0.2, -0.15) is 0 Å². The highest BCUT2D eigenvalue weighted by Crippen LogP contribution is 2.21. The van der Waals surface area contributed by atoms with Gasteiger partial charge in [0.1, 0.15) is 0 Å². The fourth-order valence-corrected chi connectivity index (χ4v) is 2.00. The molecule has 4 nitrogen and oxygen atoms in total. The molecule has 2 rings (SSSR count). The maximum absolute atomic E-state index is 5.74. The molecule has 0 unspecified atom stereocenters. The Morgan fingerprint density at radius 1 is 1.40 bits per heavy atom. The minimum atomic E-state index is 0.586. The van der Waals surface area contributed by atoms with Crippen molar-refractivity contribution in [2.45, 2.75) is 13.0 Å². The molecule has 0 aliphatic carbocycles. The Hall–Kier alpha value is -1.33. The molecule has 5 heteroatoms. The molecule has 0 fully saturated rings. The van der Waals surface area contributed by atoms with Gasteiger partial charge in [0.2, 0.25) is 0 Å². The van der Waals surface area contributed by atoms with Crippen LogP contribution in [0.3, 0.4) is 0 Å². The van der Waals surface area contributed by atoms with E-state index in [2.05, 4.69) is 11.5 Å². The summed E-state index contributed by atoms with van der Waals surface area (Å²) < 4.78 is 0. The van der Waals surface area contributed by atoms with Gasteiger partial charge in [-0.05, 0) is 41.9 Å². The quantitative estimate of drug-likeness (QED) is 0.256. The largest absolute Gasteiger partial charge is 0.399 e. The Bertz CT molecular complexity index is 391. The fraction of sp³-hybridized carbons (Fsp3) is 0.300. The first kappa shape index (κ1) is 10.2. The summed E-state index contributed by atoms with van der Waals surface area (Å²) in [5.74, 6) is 5.30. The second-order valence-electron chi connectivity index (χ2n) is 3.65. The van der Waals surface area contributed by atoms with E-state index in [0.717, 1.165) is 25.2 Å². The topological polar surface area (TPSA) is 67.3 Å². The van der Waals surface area contributed by atoms with Gasteiger partial charge in [-0.3, -0.25) is 0 Å². The summed E-state index contributed by atoms with van der Waals surface area (Å²) in [6.07, 6.45) is 0.984. The third-order valence-electron chi connectivity index (χ3n) is 2.65. The maximum Gasteiger partial charge on any atom is 0.183 e. The standard InChI is InChI=1S/C10H14N4S/c11-9-2-1-7-3-4-14(10(15)13-12)6-8(7)5-9/h1-2,5H,3-4,6,11-12H2,(H,13,15). The van der Waals surface area contributed by atoms with Crippen LogP contribution < -0.4 is 17.0 Å². The highest BCUT2D eigenvalue weighted by Gasteiger charge is 2.17. The molecule has 5 N–H and O–H groups in total. The average Bonchev–Trinajstić information content (AvgIpc) is 2.27. The first-order valence-electron chi connectivity index (χ1n) is 4.83. The number of hydrogen-bond donors (Lipinski definition) is 3. The van der Waals surface area contributed by atoms with E-state index in [1.54, 1.807) is 0 Å². The molecule has 15 heavy (non-hydrogen) atoms. The molecule has 0 saturated carbocycles. The fourth-order valence-electron chi connectivity index (χ4n) is 1.84. The molecule has 1 heterocycles. The van der Waals surface area contributed by atoms with Gasteiger partial charge >= 0.3 is 0 Å². The zero-order chi connectivity index (χ0) is 10.8. The number of anilines is 1. The maximum atomic E-state index is 5.74. The van der Waals surface area contributed by atoms with Crippen LogP contribution >= 0.6 is 12.2 Å². The predicted octanol–water partition coefficient (Wildman–Crippen LogP) is 0.375. The lowest BCUT2D eigenvalue weighted by atomic mass is 9.99. The van der Waals surface area contributed by atoms with Crippen LogP contribution in [-0.2, 0) is 13.0 Å². The molecular weight excluding hydrogens is 208 g/mol. The highest BCUT2D eigenvalue weighted by molar-refractivity contribution is 7.80. The number of nitrogen functional groups attached to an aromatic ring is 1. The molecule has 0 aromatic heterocycles. The molecule has 0 saturated heterocycles. The van der Waals surface area contributed by atoms with Crippen LogP contribution in [0.2, 0.25) is 0 Å². The minimum absolute atomic E-state index is 0.586. The molecular formula is C10H14N4S. The zero-order valence-electron chi connectivity index (χ0n) is 8.36. The molecule has 0 spiro atoms. The van der Waals surface area contributed by atoms with E-state index in [4.69, 9.17) is 23.8 Å². The molecule has 1 aliphatic heterocycles. The normalized spacial score (nSPS) is 14.6. The lowest BCUT2D eigenvalue weighted by Crippen LogP contribution is -2.45. The van der Waals surface area contributed by atoms with Crippen LogP contribution in [0.4, 0.5) is 5.69 Å². The van der Waals surface area contributed by atoms with Gasteiger partial charge < -0.3 is 16.1 Å². The van der Waals surface area contributed by atoms with E-state index in [1.807, 2.05) is 17.0 Å². The molecule has 1 aromatic rings. The summed E-state index contributed by atoms with van der Waals surface area (Å²) in [5, 5.41) is 0.586. The molecule has 1 aromatic carbocycles. The van der Waals surface area contributed by atoms with Gasteiger partial charge in [-0.1, -0.05) is 6.07 Å². The Balaban J connectivity index is 2.22. The van der Waals surface area contributed by atoms with E-state index in [9.17, 15) is 0 Å². The average molecular weight is 222 g/mol. The lowest BCUT2D eigenvalue weighted by molar-refractivity contribution is 0.388. The number of benzene rings is 1. The first-order chi connectivity index (χ1) is 7.20. The summed E-state index contributed by atoms with van der Waals surface area (Å²) in [6, 6.07) is 6.02. The van der Waals surface area contributed by atoms with Crippen molar-refractivity contribution in [1.82, 2.24) is 10.3 Å². The molecule has 0 atom stereocenters. The predicted molar refractivity (Wildman–Crippen MR) is 64.9 cm³/mol. The molecule has 0 amide bonds. The summed E-state index contributed by atoms with van der Waals surface area (Å²) in [6.45, 7) is 1.68. The second-order valence-corrected chi connectivity index (χ2v) is 4.04. The Labute approximate surface area is 94.2 Å². The SMILES string of the molecule is NNC(=S)N1CCc2ccc(N)cc2C1. The number of fused-ring (bicyclic) bond motifs is 1. The Kier molecular flexibility index (Phi) is 2.75. The monoisotopic (exact) mass is 222 g/mol. The Morgan fingerprint density at radius 3 is 2.93 bits per heavy atom. The van der Waals surface area contributed by atoms with Gasteiger partial charge in [0.15, 0.2) is 5.11 Å². The number of nitrogens with two attached hydrogens (primary N) is 2. The first-order valence-corrected chi connectivity index (χ1v) is 5.24. The number of rotatable bonds is 0. The van der Waals surface area contributed by atoms with Gasteiger partial charge in [-0.25, -0.2) is 5.84 Å². The van der Waals surface area contributed by atoms with Crippen molar-refractivity contribution in [1.29, 1.82) is 0 Å². The summed E-state index contributed by atoms with van der Waals surface area (Å²) >= 11 is 5.10. The van der Waals surface area contributed by atoms with Crippen molar-refractivity contribution in [2.24, 2.45) is 5.84 Å². The van der Waals surface area contributed by atoms with Crippen molar-refractivity contribution >= 4 is 23.0 Å². The smallest absolute Gasteiger partial charge is 0.183 e. The lowest BCUT2D eigenvalue weighted by Gasteiger charge is -2.30. The van der Waals surface area contributed by atoms with Crippen molar-refractivity contribution < 1.29 is 0 Å². The van der Waals surface area contributed by atoms with Crippen LogP contribution in [0.15, 0.2) is 18.2 Å². The third-order valence-corrected chi connectivity index (χ3v) is 3.03. The van der Waals surface area contributed by atoms with Gasteiger partial charge in [0, 0.05) is 18.8 Å². The third kappa shape index (κ3) is 2.03. The van der Waals surface area contributed by atoms with Gasteiger partial charge in [0.25, 0.3) is 0 Å². The molecule has 80 valence electrons. The molecule has 1 aliphatic rings. The minimum Gasteiger partial charge on any atom is -0.399 e. The van der Waals surface area contributed by atoms with Crippen LogP contribution in [0, 0.1) is 0 Å². The van der Waals surface area contributed by atoms with E-state index in [0.29, 0.717) is 5.11 Å². The van der Waals surface area contributed by atoms with E-state index < -0.39 is 0 Å². The van der Waals surface area contributed by atoms with Crippen LogP contribution in [0.5, 0.6) is 0 Å². The van der Waals surface area contributed by atoms with E-state index in [1.165, 1.54) is 11.1 Å². The number of hydrazine groups is 1. The summed E-state index contributed by atoms with van der Waals surface area (Å²) in [7, 11) is 0. The zero-order valence-corrected chi connectivity index (χ0v) is 9.18. The van der Waals surface area contributed by atoms with Gasteiger partial charge in [0.05, 0.1) is 0 Å². The second kappa shape index (κ2) is 4.04. The van der Waals surface area contributed by atoms with E-state index in [-0.39, 0.29) is 0 Å². The number of thiocarbonyl (C=S) groups is 1. The van der Waals surface area contributed by atoms with Crippen molar-refractivity contribution in [2.75, 3.05) is 12.3 Å². The number of nitrogens with one attached hydrogen (secondary N) is 1. The Morgan fingerprint density at radius 2 is 2.20 bits per heavy atom. The number of hydrogen-bond acceptors (Lipinski definition) is 3. The number of nitrogens with zero attached hydrogens (tertiary/aromatic N) is 1. The summed E-state index contributed by atoms with van der Waals surface area (Å²) in [5.41, 5.74) is 11.6. The summed E-state index contributed by atoms with van der Waals surface area (Å²) in [4.78, 5) is 2.04. The van der Waals surface area contributed by atoms with Crippen molar-refractivity contribution in [3.63, 3.8) is 0 Å². The van der Waals surface area contributed by atoms with Crippen LogP contribution in [-0.4, -0.2) is 16.6 Å². The molecule has 0 bridgehead atoms. The van der Waals surface area contributed by atoms with Crippen LogP contribution in [0.25, 0.3) is 0 Å². The van der Waals surface area contributed by atoms with Crippen LogP contribution in [0.1, 0.15) is 11.1 Å². The highest BCUT2D eigenvalue weighted by atomic mass is 32.1. The van der Waals surface area contributed by atoms with Crippen molar-refractivity contribution in [3.8, 4) is 0 Å². The van der Waals surface area contributed by atoms with Crippen molar-refractivity contribution in [3.05, 3.63) is 29.3 Å². The van der Waals surface area contributed by atoms with E-state index >= 15 is 0 Å². The molecule has 0 radical (unpaired) electrons.